The first-order valence-electron chi connectivity index (χ1n) is 7.39. The van der Waals surface area contributed by atoms with Crippen LogP contribution in [0.25, 0.3) is 6.08 Å². The number of amidine groups is 1. The molecular formula is C19H15FN2OS. The fraction of sp³-hybridized carbons (Fsp3) is 0.0526. The number of rotatable bonds is 3. The Morgan fingerprint density at radius 1 is 1.12 bits per heavy atom. The Kier molecular flexibility index (Phi) is 4.91. The molecule has 1 aliphatic rings. The first-order valence-corrected chi connectivity index (χ1v) is 8.20. The van der Waals surface area contributed by atoms with E-state index in [-0.39, 0.29) is 11.7 Å². The lowest BCUT2D eigenvalue weighted by Crippen LogP contribution is -2.19. The van der Waals surface area contributed by atoms with Crippen molar-refractivity contribution in [1.82, 2.24) is 5.32 Å². The van der Waals surface area contributed by atoms with Gasteiger partial charge in [-0.1, -0.05) is 36.4 Å². The van der Waals surface area contributed by atoms with Crippen molar-refractivity contribution in [2.75, 3.05) is 0 Å². The minimum atomic E-state index is -0.315. The van der Waals surface area contributed by atoms with E-state index in [1.54, 1.807) is 12.1 Å². The second kappa shape index (κ2) is 7.27. The van der Waals surface area contributed by atoms with E-state index in [2.05, 4.69) is 10.3 Å². The van der Waals surface area contributed by atoms with Crippen LogP contribution in [0.3, 0.4) is 0 Å². The minimum Gasteiger partial charge on any atom is -0.300 e. The predicted molar refractivity (Wildman–Crippen MR) is 97.4 cm³/mol. The van der Waals surface area contributed by atoms with Gasteiger partial charge in [0, 0.05) is 0 Å². The van der Waals surface area contributed by atoms with E-state index in [0.717, 1.165) is 11.1 Å². The van der Waals surface area contributed by atoms with Crippen LogP contribution in [0.5, 0.6) is 0 Å². The van der Waals surface area contributed by atoms with Gasteiger partial charge in [0.2, 0.25) is 0 Å². The summed E-state index contributed by atoms with van der Waals surface area (Å²) in [5, 5.41) is 3.21. The highest BCUT2D eigenvalue weighted by molar-refractivity contribution is 8.18. The Bertz CT molecular complexity index is 839. The molecule has 1 aliphatic heterocycles. The van der Waals surface area contributed by atoms with Crippen LogP contribution in [0.15, 0.2) is 76.1 Å². The van der Waals surface area contributed by atoms with Crippen LogP contribution < -0.4 is 5.32 Å². The Morgan fingerprint density at radius 3 is 2.54 bits per heavy atom. The summed E-state index contributed by atoms with van der Waals surface area (Å²) in [7, 11) is 0. The summed E-state index contributed by atoms with van der Waals surface area (Å²) in [6.07, 6.45) is 3.84. The summed E-state index contributed by atoms with van der Waals surface area (Å²) >= 11 is 1.27. The van der Waals surface area contributed by atoms with Crippen LogP contribution in [0, 0.1) is 5.82 Å². The smallest absolute Gasteiger partial charge is 0.264 e. The van der Waals surface area contributed by atoms with Crippen LogP contribution in [-0.2, 0) is 4.79 Å². The average molecular weight is 338 g/mol. The van der Waals surface area contributed by atoms with Gasteiger partial charge in [-0.3, -0.25) is 4.79 Å². The Balaban J connectivity index is 1.77. The maximum absolute atomic E-state index is 12.9. The SMILES string of the molecule is CC(=C/c1ccccc1)/C=C1/SC(=Nc2ccc(F)cc2)NC1=O. The molecule has 0 atom stereocenters. The molecule has 1 heterocycles. The number of nitrogens with zero attached hydrogens (tertiary/aromatic N) is 1. The molecule has 2 aromatic carbocycles. The van der Waals surface area contributed by atoms with E-state index in [0.29, 0.717) is 15.8 Å². The zero-order valence-electron chi connectivity index (χ0n) is 13.0. The standard InChI is InChI=1S/C19H15FN2OS/c1-13(11-14-5-3-2-4-6-14)12-17-18(23)22-19(24-17)21-16-9-7-15(20)8-10-16/h2-12H,1H3,(H,21,22,23)/b13-11-,17-12+. The normalized spacial score (nSPS) is 18.2. The highest BCUT2D eigenvalue weighted by Crippen LogP contribution is 2.27. The molecule has 0 aliphatic carbocycles. The minimum absolute atomic E-state index is 0.179. The maximum Gasteiger partial charge on any atom is 0.264 e. The lowest BCUT2D eigenvalue weighted by Gasteiger charge is -1.96. The molecule has 24 heavy (non-hydrogen) atoms. The van der Waals surface area contributed by atoms with Gasteiger partial charge < -0.3 is 5.32 Å². The Morgan fingerprint density at radius 2 is 1.83 bits per heavy atom. The van der Waals surface area contributed by atoms with Gasteiger partial charge in [-0.25, -0.2) is 9.38 Å². The molecule has 3 rings (SSSR count). The van der Waals surface area contributed by atoms with Crippen molar-refractivity contribution in [3.8, 4) is 0 Å². The number of halogens is 1. The number of aliphatic imine (C=N–C) groups is 1. The highest BCUT2D eigenvalue weighted by atomic mass is 32.2. The number of nitrogens with one attached hydrogen (secondary N) is 1. The molecule has 0 saturated carbocycles. The number of thioether (sulfide) groups is 1. The summed E-state index contributed by atoms with van der Waals surface area (Å²) in [6.45, 7) is 1.95. The number of benzene rings is 2. The summed E-state index contributed by atoms with van der Waals surface area (Å²) in [6, 6.07) is 15.7. The molecule has 0 unspecified atom stereocenters. The summed E-state index contributed by atoms with van der Waals surface area (Å²) in [5.41, 5.74) is 2.65. The van der Waals surface area contributed by atoms with Gasteiger partial charge in [0.15, 0.2) is 5.17 Å². The van der Waals surface area contributed by atoms with Gasteiger partial charge >= 0.3 is 0 Å². The predicted octanol–water partition coefficient (Wildman–Crippen LogP) is 4.66. The van der Waals surface area contributed by atoms with Gasteiger partial charge in [0.25, 0.3) is 5.91 Å². The van der Waals surface area contributed by atoms with Crippen molar-refractivity contribution < 1.29 is 9.18 Å². The fourth-order valence-electron chi connectivity index (χ4n) is 2.17. The van der Waals surface area contributed by atoms with E-state index in [4.69, 9.17) is 0 Å². The zero-order chi connectivity index (χ0) is 16.9. The molecule has 0 bridgehead atoms. The van der Waals surface area contributed by atoms with Gasteiger partial charge in [-0.15, -0.1) is 0 Å². The monoisotopic (exact) mass is 338 g/mol. The Hall–Kier alpha value is -2.66. The molecule has 1 fully saturated rings. The van der Waals surface area contributed by atoms with Crippen LogP contribution in [0.1, 0.15) is 12.5 Å². The van der Waals surface area contributed by atoms with Gasteiger partial charge in [0.1, 0.15) is 5.82 Å². The molecule has 1 N–H and O–H groups in total. The molecule has 5 heteroatoms. The van der Waals surface area contributed by atoms with Crippen molar-refractivity contribution in [3.63, 3.8) is 0 Å². The number of hydrogen-bond donors (Lipinski definition) is 1. The number of amides is 1. The van der Waals surface area contributed by atoms with Crippen molar-refractivity contribution in [3.05, 3.63) is 82.5 Å². The summed E-state index contributed by atoms with van der Waals surface area (Å²) < 4.78 is 12.9. The maximum atomic E-state index is 12.9. The van der Waals surface area contributed by atoms with Crippen molar-refractivity contribution in [1.29, 1.82) is 0 Å². The third-order valence-electron chi connectivity index (χ3n) is 3.26. The number of allylic oxidation sites excluding steroid dienone is 2. The van der Waals surface area contributed by atoms with E-state index >= 15 is 0 Å². The molecule has 1 saturated heterocycles. The molecule has 2 aromatic rings. The average Bonchev–Trinajstić information content (AvgIpc) is 2.90. The molecule has 3 nitrogen and oxygen atoms in total. The lowest BCUT2D eigenvalue weighted by atomic mass is 10.1. The topological polar surface area (TPSA) is 41.5 Å². The van der Waals surface area contributed by atoms with Gasteiger partial charge in [-0.05, 0) is 60.2 Å². The van der Waals surface area contributed by atoms with Gasteiger partial charge in [-0.2, -0.15) is 0 Å². The third kappa shape index (κ3) is 4.20. The number of carbonyl (C=O) groups excluding carboxylic acids is 1. The molecular weight excluding hydrogens is 323 g/mol. The fourth-order valence-corrected chi connectivity index (χ4v) is 3.07. The number of carbonyl (C=O) groups is 1. The molecule has 1 amide bonds. The first-order chi connectivity index (χ1) is 11.6. The van der Waals surface area contributed by atoms with Crippen LogP contribution >= 0.6 is 11.8 Å². The zero-order valence-corrected chi connectivity index (χ0v) is 13.8. The highest BCUT2D eigenvalue weighted by Gasteiger charge is 2.23. The second-order valence-corrected chi connectivity index (χ2v) is 6.29. The third-order valence-corrected chi connectivity index (χ3v) is 4.17. The molecule has 120 valence electrons. The number of hydrogen-bond acceptors (Lipinski definition) is 3. The van der Waals surface area contributed by atoms with E-state index < -0.39 is 0 Å². The van der Waals surface area contributed by atoms with E-state index in [1.807, 2.05) is 49.4 Å². The molecule has 0 spiro atoms. The van der Waals surface area contributed by atoms with E-state index in [1.165, 1.54) is 23.9 Å². The van der Waals surface area contributed by atoms with Crippen molar-refractivity contribution in [2.24, 2.45) is 4.99 Å². The quantitative estimate of drug-likeness (QED) is 0.827. The first kappa shape index (κ1) is 16.2. The summed E-state index contributed by atoms with van der Waals surface area (Å²) in [5.74, 6) is -0.494. The largest absolute Gasteiger partial charge is 0.300 e. The van der Waals surface area contributed by atoms with Crippen LogP contribution in [0.2, 0.25) is 0 Å². The van der Waals surface area contributed by atoms with Crippen molar-refractivity contribution in [2.45, 2.75) is 6.92 Å². The Labute approximate surface area is 144 Å². The van der Waals surface area contributed by atoms with E-state index in [9.17, 15) is 9.18 Å². The van der Waals surface area contributed by atoms with Crippen LogP contribution in [-0.4, -0.2) is 11.1 Å². The van der Waals surface area contributed by atoms with Crippen LogP contribution in [0.4, 0.5) is 10.1 Å². The van der Waals surface area contributed by atoms with Crippen molar-refractivity contribution >= 4 is 34.6 Å². The van der Waals surface area contributed by atoms with Gasteiger partial charge in [0.05, 0.1) is 10.6 Å². The summed E-state index contributed by atoms with van der Waals surface area (Å²) in [4.78, 5) is 16.9. The molecule has 0 aromatic heterocycles. The lowest BCUT2D eigenvalue weighted by molar-refractivity contribution is -0.115. The second-order valence-electron chi connectivity index (χ2n) is 5.26. The molecule has 0 radical (unpaired) electrons.